The molecular formula is C14H22N4. The topological polar surface area (TPSA) is 54.1 Å². The Balaban J connectivity index is 1.72. The first-order chi connectivity index (χ1) is 8.83. The number of likely N-dealkylation sites (tertiary alicyclic amines) is 2. The van der Waals surface area contributed by atoms with Crippen molar-refractivity contribution in [1.82, 2.24) is 9.80 Å². The lowest BCUT2D eigenvalue weighted by Gasteiger charge is -2.39. The maximum absolute atomic E-state index is 8.69. The van der Waals surface area contributed by atoms with Crippen LogP contribution in [0.3, 0.4) is 0 Å². The van der Waals surface area contributed by atoms with Crippen molar-refractivity contribution in [1.29, 1.82) is 10.5 Å². The zero-order chi connectivity index (χ0) is 12.8. The first kappa shape index (κ1) is 13.3. The van der Waals surface area contributed by atoms with Gasteiger partial charge in [-0.3, -0.25) is 9.80 Å². The fourth-order valence-corrected chi connectivity index (χ4v) is 3.36. The molecule has 0 spiro atoms. The quantitative estimate of drug-likeness (QED) is 0.707. The van der Waals surface area contributed by atoms with E-state index in [1.807, 2.05) is 0 Å². The lowest BCUT2D eigenvalue weighted by Crippen LogP contribution is -2.40. The average molecular weight is 246 g/mol. The van der Waals surface area contributed by atoms with Crippen LogP contribution in [0.2, 0.25) is 0 Å². The van der Waals surface area contributed by atoms with E-state index >= 15 is 0 Å². The number of nitriles is 2. The monoisotopic (exact) mass is 246 g/mol. The highest BCUT2D eigenvalue weighted by Gasteiger charge is 2.29. The zero-order valence-corrected chi connectivity index (χ0v) is 11.0. The molecule has 0 atom stereocenters. The molecule has 0 unspecified atom stereocenters. The Kier molecular flexibility index (Phi) is 4.99. The second-order valence-corrected chi connectivity index (χ2v) is 5.54. The smallest absolute Gasteiger partial charge is 0.0865 e. The molecule has 0 bridgehead atoms. The fraction of sp³-hybridized carbons (Fsp3) is 0.857. The Morgan fingerprint density at radius 2 is 1.06 bits per heavy atom. The van der Waals surface area contributed by atoms with Gasteiger partial charge in [-0.15, -0.1) is 0 Å². The van der Waals surface area contributed by atoms with Crippen LogP contribution in [0.15, 0.2) is 0 Å². The maximum atomic E-state index is 8.69. The minimum Gasteiger partial charge on any atom is -0.291 e. The third-order valence-corrected chi connectivity index (χ3v) is 4.52. The Morgan fingerprint density at radius 3 is 1.33 bits per heavy atom. The SMILES string of the molecule is N#CCN1CCC(C2CCN(CC#N)CC2)CC1. The van der Waals surface area contributed by atoms with Crippen molar-refractivity contribution < 1.29 is 0 Å². The standard InChI is InChI=1S/C14H22N4/c15-5-11-17-7-1-13(2-8-17)14-3-9-18(10-4-14)12-6-16/h13-14H,1-4,7-12H2. The Morgan fingerprint density at radius 1 is 0.722 bits per heavy atom. The molecule has 0 aromatic heterocycles. The van der Waals surface area contributed by atoms with Crippen LogP contribution in [0.25, 0.3) is 0 Å². The summed E-state index contributed by atoms with van der Waals surface area (Å²) in [6, 6.07) is 4.48. The summed E-state index contributed by atoms with van der Waals surface area (Å²) in [5.74, 6) is 1.70. The van der Waals surface area contributed by atoms with Crippen molar-refractivity contribution in [3.63, 3.8) is 0 Å². The van der Waals surface area contributed by atoms with Crippen LogP contribution >= 0.6 is 0 Å². The largest absolute Gasteiger partial charge is 0.291 e. The number of hydrogen-bond donors (Lipinski definition) is 0. The molecule has 2 rings (SSSR count). The van der Waals surface area contributed by atoms with Gasteiger partial charge in [0.15, 0.2) is 0 Å². The highest BCUT2D eigenvalue weighted by Crippen LogP contribution is 2.32. The van der Waals surface area contributed by atoms with E-state index in [1.165, 1.54) is 25.7 Å². The molecule has 2 aliphatic rings. The van der Waals surface area contributed by atoms with Crippen molar-refractivity contribution in [2.45, 2.75) is 25.7 Å². The van der Waals surface area contributed by atoms with Crippen molar-refractivity contribution in [2.75, 3.05) is 39.3 Å². The third kappa shape index (κ3) is 3.45. The van der Waals surface area contributed by atoms with Crippen LogP contribution in [0.1, 0.15) is 25.7 Å². The summed E-state index contributed by atoms with van der Waals surface area (Å²) in [6.07, 6.45) is 5.02. The van der Waals surface area contributed by atoms with Gasteiger partial charge in [-0.1, -0.05) is 0 Å². The van der Waals surface area contributed by atoms with E-state index in [2.05, 4.69) is 21.9 Å². The van der Waals surface area contributed by atoms with Gasteiger partial charge in [0.25, 0.3) is 0 Å². The highest BCUT2D eigenvalue weighted by molar-refractivity contribution is 4.86. The van der Waals surface area contributed by atoms with Crippen LogP contribution in [-0.4, -0.2) is 49.1 Å². The second-order valence-electron chi connectivity index (χ2n) is 5.54. The van der Waals surface area contributed by atoms with Crippen LogP contribution in [-0.2, 0) is 0 Å². The Labute approximate surface area is 110 Å². The molecule has 0 aliphatic carbocycles. The molecule has 4 heteroatoms. The molecule has 0 aromatic rings. The van der Waals surface area contributed by atoms with E-state index in [4.69, 9.17) is 10.5 Å². The molecule has 18 heavy (non-hydrogen) atoms. The Bertz CT molecular complexity index is 291. The van der Waals surface area contributed by atoms with Gasteiger partial charge in [0.05, 0.1) is 25.2 Å². The zero-order valence-electron chi connectivity index (χ0n) is 11.0. The van der Waals surface area contributed by atoms with Gasteiger partial charge < -0.3 is 0 Å². The highest BCUT2D eigenvalue weighted by atomic mass is 15.1. The summed E-state index contributed by atoms with van der Waals surface area (Å²) in [7, 11) is 0. The van der Waals surface area contributed by atoms with Gasteiger partial charge in [-0.25, -0.2) is 0 Å². The lowest BCUT2D eigenvalue weighted by molar-refractivity contribution is 0.107. The molecule has 2 heterocycles. The predicted molar refractivity (Wildman–Crippen MR) is 69.6 cm³/mol. The van der Waals surface area contributed by atoms with Gasteiger partial charge in [0.2, 0.25) is 0 Å². The van der Waals surface area contributed by atoms with E-state index in [9.17, 15) is 0 Å². The van der Waals surface area contributed by atoms with Crippen LogP contribution in [0.4, 0.5) is 0 Å². The van der Waals surface area contributed by atoms with Crippen LogP contribution in [0.5, 0.6) is 0 Å². The van der Waals surface area contributed by atoms with Gasteiger partial charge >= 0.3 is 0 Å². The summed E-state index contributed by atoms with van der Waals surface area (Å²) in [4.78, 5) is 4.53. The summed E-state index contributed by atoms with van der Waals surface area (Å²) in [5, 5.41) is 17.4. The van der Waals surface area contributed by atoms with E-state index in [-0.39, 0.29) is 0 Å². The minimum absolute atomic E-state index is 0.591. The van der Waals surface area contributed by atoms with Gasteiger partial charge in [-0.2, -0.15) is 10.5 Å². The molecule has 0 amide bonds. The van der Waals surface area contributed by atoms with Crippen molar-refractivity contribution in [3.8, 4) is 12.1 Å². The molecule has 2 fully saturated rings. The van der Waals surface area contributed by atoms with Crippen molar-refractivity contribution in [2.24, 2.45) is 11.8 Å². The average Bonchev–Trinajstić information content (AvgIpc) is 2.41. The molecule has 0 aromatic carbocycles. The first-order valence-corrected chi connectivity index (χ1v) is 7.02. The molecule has 98 valence electrons. The van der Waals surface area contributed by atoms with Crippen molar-refractivity contribution in [3.05, 3.63) is 0 Å². The molecule has 2 saturated heterocycles. The van der Waals surface area contributed by atoms with Crippen LogP contribution in [0, 0.1) is 34.5 Å². The predicted octanol–water partition coefficient (Wildman–Crippen LogP) is 1.46. The number of nitrogens with zero attached hydrogens (tertiary/aromatic N) is 4. The van der Waals surface area contributed by atoms with Gasteiger partial charge in [0, 0.05) is 0 Å². The van der Waals surface area contributed by atoms with E-state index < -0.39 is 0 Å². The van der Waals surface area contributed by atoms with E-state index in [1.54, 1.807) is 0 Å². The van der Waals surface area contributed by atoms with Crippen molar-refractivity contribution >= 4 is 0 Å². The normalized spacial score (nSPS) is 24.6. The summed E-state index contributed by atoms with van der Waals surface area (Å²) >= 11 is 0. The molecule has 0 radical (unpaired) electrons. The number of hydrogen-bond acceptors (Lipinski definition) is 4. The second kappa shape index (κ2) is 6.73. The molecule has 2 aliphatic heterocycles. The third-order valence-electron chi connectivity index (χ3n) is 4.52. The summed E-state index contributed by atoms with van der Waals surface area (Å²) < 4.78 is 0. The maximum Gasteiger partial charge on any atom is 0.0865 e. The molecule has 0 saturated carbocycles. The van der Waals surface area contributed by atoms with Gasteiger partial charge in [0.1, 0.15) is 0 Å². The first-order valence-electron chi connectivity index (χ1n) is 7.02. The van der Waals surface area contributed by atoms with Gasteiger partial charge in [-0.05, 0) is 63.7 Å². The number of rotatable bonds is 3. The molecule has 0 N–H and O–H groups in total. The Hall–Kier alpha value is -1.10. The fourth-order valence-electron chi connectivity index (χ4n) is 3.36. The van der Waals surface area contributed by atoms with Crippen LogP contribution < -0.4 is 0 Å². The summed E-state index contributed by atoms with van der Waals surface area (Å²) in [5.41, 5.74) is 0. The van der Waals surface area contributed by atoms with E-state index in [0.29, 0.717) is 13.1 Å². The van der Waals surface area contributed by atoms with E-state index in [0.717, 1.165) is 38.0 Å². The summed E-state index contributed by atoms with van der Waals surface area (Å²) in [6.45, 7) is 5.56. The molecule has 4 nitrogen and oxygen atoms in total. The number of piperidine rings is 2. The molecular weight excluding hydrogens is 224 g/mol. The lowest BCUT2D eigenvalue weighted by atomic mass is 9.79. The minimum atomic E-state index is 0.591.